The largest absolute Gasteiger partial charge is 0.507 e. The third-order valence-corrected chi connectivity index (χ3v) is 5.79. The van der Waals surface area contributed by atoms with E-state index in [-0.39, 0.29) is 17.4 Å². The van der Waals surface area contributed by atoms with Gasteiger partial charge in [-0.1, -0.05) is 54.2 Å². The van der Waals surface area contributed by atoms with Gasteiger partial charge < -0.3 is 15.2 Å². The number of carbonyl (C=O) groups excluding carboxylic acids is 1. The highest BCUT2D eigenvalue weighted by molar-refractivity contribution is 7.99. The molecule has 4 aromatic rings. The fraction of sp³-hybridized carbons (Fsp3) is 0.160. The van der Waals surface area contributed by atoms with E-state index in [1.165, 1.54) is 11.8 Å². The van der Waals surface area contributed by atoms with E-state index in [0.717, 1.165) is 11.3 Å². The molecular weight excluding hydrogens is 436 g/mol. The van der Waals surface area contributed by atoms with Crippen molar-refractivity contribution in [1.29, 1.82) is 0 Å². The molecule has 33 heavy (non-hydrogen) atoms. The second kappa shape index (κ2) is 10.7. The molecule has 0 saturated carbocycles. The maximum Gasteiger partial charge on any atom is 0.234 e. The van der Waals surface area contributed by atoms with Crippen molar-refractivity contribution in [2.45, 2.75) is 18.6 Å². The summed E-state index contributed by atoms with van der Waals surface area (Å²) < 4.78 is 7.34. The molecule has 3 aromatic carbocycles. The van der Waals surface area contributed by atoms with Gasteiger partial charge in [-0.3, -0.25) is 9.36 Å². The Labute approximate surface area is 196 Å². The average molecular weight is 461 g/mol. The molecule has 0 aliphatic carbocycles. The van der Waals surface area contributed by atoms with E-state index in [1.54, 1.807) is 18.2 Å². The van der Waals surface area contributed by atoms with Gasteiger partial charge in [-0.25, -0.2) is 0 Å². The van der Waals surface area contributed by atoms with Crippen molar-refractivity contribution in [3.05, 3.63) is 84.4 Å². The molecule has 8 heteroatoms. The maximum atomic E-state index is 12.5. The topological polar surface area (TPSA) is 89.3 Å². The summed E-state index contributed by atoms with van der Waals surface area (Å²) >= 11 is 1.30. The van der Waals surface area contributed by atoms with Crippen molar-refractivity contribution in [3.8, 4) is 22.9 Å². The first-order chi connectivity index (χ1) is 16.1. The number of para-hydroxylation sites is 1. The summed E-state index contributed by atoms with van der Waals surface area (Å²) in [7, 11) is 0. The lowest BCUT2D eigenvalue weighted by atomic mass is 10.1. The van der Waals surface area contributed by atoms with Gasteiger partial charge >= 0.3 is 0 Å². The number of nitrogens with one attached hydrogen (secondary N) is 1. The second-order valence-electron chi connectivity index (χ2n) is 7.19. The molecule has 0 unspecified atom stereocenters. The van der Waals surface area contributed by atoms with Gasteiger partial charge in [-0.2, -0.15) is 0 Å². The molecule has 7 nitrogen and oxygen atoms in total. The third-order valence-electron chi connectivity index (χ3n) is 4.83. The van der Waals surface area contributed by atoms with E-state index in [4.69, 9.17) is 4.74 Å². The summed E-state index contributed by atoms with van der Waals surface area (Å²) in [6.45, 7) is 3.03. The van der Waals surface area contributed by atoms with Gasteiger partial charge in [-0.15, -0.1) is 10.2 Å². The van der Waals surface area contributed by atoms with E-state index < -0.39 is 0 Å². The third kappa shape index (κ3) is 5.72. The minimum atomic E-state index is -0.150. The Balaban J connectivity index is 1.51. The highest BCUT2D eigenvalue weighted by atomic mass is 32.2. The molecule has 0 atom stereocenters. The van der Waals surface area contributed by atoms with Crippen LogP contribution in [-0.2, 0) is 11.3 Å². The molecule has 0 bridgehead atoms. The summed E-state index contributed by atoms with van der Waals surface area (Å²) in [5, 5.41) is 22.4. The number of phenolic OH excluding ortho intramolecular Hbond substituents is 1. The Morgan fingerprint density at radius 2 is 1.73 bits per heavy atom. The van der Waals surface area contributed by atoms with Crippen LogP contribution in [0.5, 0.6) is 11.5 Å². The number of aromatic nitrogens is 3. The standard InChI is InChI=1S/C25H24N4O3S/c1-2-32-20-14-12-19(13-15-20)26-23(31)17-33-25-28-27-24(21-10-6-7-11-22(21)30)29(25)16-18-8-4-3-5-9-18/h3-15,30H,2,16-17H2,1H3,(H,26,31). The zero-order valence-corrected chi connectivity index (χ0v) is 19.0. The normalized spacial score (nSPS) is 10.7. The Hall–Kier alpha value is -3.78. The first kappa shape index (κ1) is 22.4. The Kier molecular flexibility index (Phi) is 7.26. The van der Waals surface area contributed by atoms with Crippen molar-refractivity contribution >= 4 is 23.4 Å². The molecule has 4 rings (SSSR count). The van der Waals surface area contributed by atoms with Crippen molar-refractivity contribution in [2.75, 3.05) is 17.7 Å². The molecule has 1 amide bonds. The molecule has 1 heterocycles. The van der Waals surface area contributed by atoms with E-state index >= 15 is 0 Å². The number of ether oxygens (including phenoxy) is 1. The van der Waals surface area contributed by atoms with E-state index in [9.17, 15) is 9.90 Å². The van der Waals surface area contributed by atoms with Crippen LogP contribution in [0.3, 0.4) is 0 Å². The van der Waals surface area contributed by atoms with Crippen LogP contribution in [0.25, 0.3) is 11.4 Å². The van der Waals surface area contributed by atoms with Crippen molar-refractivity contribution in [1.82, 2.24) is 14.8 Å². The zero-order valence-electron chi connectivity index (χ0n) is 18.1. The summed E-state index contributed by atoms with van der Waals surface area (Å²) in [5.74, 6) is 1.45. The van der Waals surface area contributed by atoms with Crippen LogP contribution in [0.15, 0.2) is 84.0 Å². The fourth-order valence-corrected chi connectivity index (χ4v) is 4.03. The predicted molar refractivity (Wildman–Crippen MR) is 130 cm³/mol. The van der Waals surface area contributed by atoms with Crippen LogP contribution < -0.4 is 10.1 Å². The summed E-state index contributed by atoms with van der Waals surface area (Å²) in [4.78, 5) is 12.5. The number of amides is 1. The van der Waals surface area contributed by atoms with E-state index in [2.05, 4.69) is 15.5 Å². The molecule has 0 radical (unpaired) electrons. The number of rotatable bonds is 9. The van der Waals surface area contributed by atoms with Crippen LogP contribution in [0.2, 0.25) is 0 Å². The van der Waals surface area contributed by atoms with E-state index in [0.29, 0.717) is 35.4 Å². The maximum absolute atomic E-state index is 12.5. The quantitative estimate of drug-likeness (QED) is 0.348. The van der Waals surface area contributed by atoms with Crippen LogP contribution in [0.4, 0.5) is 5.69 Å². The number of thioether (sulfide) groups is 1. The van der Waals surface area contributed by atoms with Gasteiger partial charge in [0.25, 0.3) is 0 Å². The monoisotopic (exact) mass is 460 g/mol. The van der Waals surface area contributed by atoms with Crippen LogP contribution >= 0.6 is 11.8 Å². The minimum absolute atomic E-state index is 0.129. The lowest BCUT2D eigenvalue weighted by Crippen LogP contribution is -2.14. The molecular formula is C25H24N4O3S. The lowest BCUT2D eigenvalue weighted by molar-refractivity contribution is -0.113. The average Bonchev–Trinajstić information content (AvgIpc) is 3.22. The SMILES string of the molecule is CCOc1ccc(NC(=O)CSc2nnc(-c3ccccc3O)n2Cc2ccccc2)cc1. The fourth-order valence-electron chi connectivity index (χ4n) is 3.29. The molecule has 2 N–H and O–H groups in total. The number of phenols is 1. The van der Waals surface area contributed by atoms with Crippen LogP contribution in [0.1, 0.15) is 12.5 Å². The number of hydrogen-bond acceptors (Lipinski definition) is 6. The zero-order chi connectivity index (χ0) is 23.0. The summed E-state index contributed by atoms with van der Waals surface area (Å²) in [6, 6.07) is 24.2. The van der Waals surface area contributed by atoms with Gasteiger partial charge in [-0.05, 0) is 48.9 Å². The number of benzene rings is 3. The van der Waals surface area contributed by atoms with Gasteiger partial charge in [0.1, 0.15) is 11.5 Å². The number of carbonyl (C=O) groups is 1. The first-order valence-corrected chi connectivity index (χ1v) is 11.5. The van der Waals surface area contributed by atoms with Crippen molar-refractivity contribution < 1.29 is 14.6 Å². The Morgan fingerprint density at radius 3 is 2.45 bits per heavy atom. The molecule has 0 aliphatic rings. The molecule has 0 fully saturated rings. The van der Waals surface area contributed by atoms with Gasteiger partial charge in [0, 0.05) is 5.69 Å². The number of anilines is 1. The highest BCUT2D eigenvalue weighted by Gasteiger charge is 2.18. The van der Waals surface area contributed by atoms with Crippen molar-refractivity contribution in [2.24, 2.45) is 0 Å². The summed E-state index contributed by atoms with van der Waals surface area (Å²) in [5.41, 5.74) is 2.35. The second-order valence-corrected chi connectivity index (χ2v) is 8.13. The van der Waals surface area contributed by atoms with Gasteiger partial charge in [0.15, 0.2) is 11.0 Å². The van der Waals surface area contributed by atoms with Gasteiger partial charge in [0.05, 0.1) is 24.5 Å². The highest BCUT2D eigenvalue weighted by Crippen LogP contribution is 2.31. The van der Waals surface area contributed by atoms with Crippen molar-refractivity contribution in [3.63, 3.8) is 0 Å². The minimum Gasteiger partial charge on any atom is -0.507 e. The molecule has 168 valence electrons. The first-order valence-electron chi connectivity index (χ1n) is 10.5. The predicted octanol–water partition coefficient (Wildman–Crippen LogP) is 4.83. The number of hydrogen-bond donors (Lipinski definition) is 2. The Bertz CT molecular complexity index is 1210. The number of nitrogens with zero attached hydrogens (tertiary/aromatic N) is 3. The summed E-state index contributed by atoms with van der Waals surface area (Å²) in [6.07, 6.45) is 0. The molecule has 0 aliphatic heterocycles. The molecule has 1 aromatic heterocycles. The van der Waals surface area contributed by atoms with Gasteiger partial charge in [0.2, 0.25) is 5.91 Å². The number of aromatic hydroxyl groups is 1. The van der Waals surface area contributed by atoms with E-state index in [1.807, 2.05) is 72.2 Å². The lowest BCUT2D eigenvalue weighted by Gasteiger charge is -2.11. The van der Waals surface area contributed by atoms with Crippen LogP contribution in [-0.4, -0.2) is 38.1 Å². The molecule has 0 spiro atoms. The molecule has 0 saturated heterocycles. The Morgan fingerprint density at radius 1 is 1.00 bits per heavy atom. The smallest absolute Gasteiger partial charge is 0.234 e. The van der Waals surface area contributed by atoms with Crippen LogP contribution in [0, 0.1) is 0 Å².